The largest absolute Gasteiger partial charge is 0.487 e. The fraction of sp³-hybridized carbons (Fsp3) is 0.455. The molecule has 0 aromatic heterocycles. The molecule has 1 saturated carbocycles. The summed E-state index contributed by atoms with van der Waals surface area (Å²) in [4.78, 5) is 10.5. The van der Waals surface area contributed by atoms with Crippen LogP contribution in [0.1, 0.15) is 6.42 Å². The van der Waals surface area contributed by atoms with Crippen LogP contribution < -0.4 is 4.74 Å². The van der Waals surface area contributed by atoms with Crippen molar-refractivity contribution in [2.24, 2.45) is 0 Å². The normalized spacial score (nSPS) is 27.3. The smallest absolute Gasteiger partial charge is 0.273 e. The van der Waals surface area contributed by atoms with E-state index >= 15 is 0 Å². The SMILES string of the molecule is COC1C(Br)CC1Oc1cccc([N+](=O)[O-])c1. The van der Waals surface area contributed by atoms with Crippen LogP contribution in [0.25, 0.3) is 0 Å². The first-order valence-corrected chi connectivity index (χ1v) is 6.11. The minimum Gasteiger partial charge on any atom is -0.487 e. The lowest BCUT2D eigenvalue weighted by Crippen LogP contribution is -2.51. The number of nitro benzene ring substituents is 1. The van der Waals surface area contributed by atoms with Crippen LogP contribution in [-0.4, -0.2) is 29.1 Å². The second-order valence-electron chi connectivity index (χ2n) is 3.86. The van der Waals surface area contributed by atoms with Gasteiger partial charge in [0.05, 0.1) is 11.0 Å². The standard InChI is InChI=1S/C11H12BrNO4/c1-16-11-9(12)6-10(11)17-8-4-2-3-7(5-8)13(14)15/h2-5,9-11H,6H2,1H3. The number of alkyl halides is 1. The first kappa shape index (κ1) is 12.3. The lowest BCUT2D eigenvalue weighted by Gasteiger charge is -2.40. The van der Waals surface area contributed by atoms with E-state index in [2.05, 4.69) is 15.9 Å². The van der Waals surface area contributed by atoms with Crippen molar-refractivity contribution in [1.29, 1.82) is 0 Å². The maximum absolute atomic E-state index is 10.6. The highest BCUT2D eigenvalue weighted by Gasteiger charge is 2.41. The number of nitro groups is 1. The summed E-state index contributed by atoms with van der Waals surface area (Å²) in [5, 5.41) is 10.6. The van der Waals surface area contributed by atoms with Gasteiger partial charge >= 0.3 is 0 Å². The average Bonchev–Trinajstić information content (AvgIpc) is 2.29. The van der Waals surface area contributed by atoms with Crippen molar-refractivity contribution in [1.82, 2.24) is 0 Å². The maximum atomic E-state index is 10.6. The molecule has 3 unspecified atom stereocenters. The van der Waals surface area contributed by atoms with Crippen LogP contribution in [0.2, 0.25) is 0 Å². The zero-order valence-corrected chi connectivity index (χ0v) is 10.8. The monoisotopic (exact) mass is 301 g/mol. The molecule has 6 heteroatoms. The van der Waals surface area contributed by atoms with Crippen LogP contribution in [0.4, 0.5) is 5.69 Å². The molecule has 1 aliphatic rings. The van der Waals surface area contributed by atoms with E-state index in [1.807, 2.05) is 0 Å². The van der Waals surface area contributed by atoms with Crippen LogP contribution in [0.5, 0.6) is 5.75 Å². The Kier molecular flexibility index (Phi) is 3.63. The quantitative estimate of drug-likeness (QED) is 0.487. The van der Waals surface area contributed by atoms with E-state index in [-0.39, 0.29) is 22.7 Å². The van der Waals surface area contributed by atoms with Gasteiger partial charge in [-0.15, -0.1) is 0 Å². The van der Waals surface area contributed by atoms with Crippen molar-refractivity contribution < 1.29 is 14.4 Å². The number of non-ortho nitro benzene ring substituents is 1. The second kappa shape index (κ2) is 5.01. The van der Waals surface area contributed by atoms with Crippen molar-refractivity contribution >= 4 is 21.6 Å². The summed E-state index contributed by atoms with van der Waals surface area (Å²) in [7, 11) is 1.63. The Balaban J connectivity index is 2.04. The van der Waals surface area contributed by atoms with Crippen LogP contribution >= 0.6 is 15.9 Å². The molecule has 2 rings (SSSR count). The number of hydrogen-bond acceptors (Lipinski definition) is 4. The van der Waals surface area contributed by atoms with Gasteiger partial charge in [0.15, 0.2) is 0 Å². The Morgan fingerprint density at radius 3 is 2.88 bits per heavy atom. The van der Waals surface area contributed by atoms with Crippen LogP contribution in [0.15, 0.2) is 24.3 Å². The molecule has 0 saturated heterocycles. The lowest BCUT2D eigenvalue weighted by atomic mass is 9.91. The van der Waals surface area contributed by atoms with E-state index in [1.54, 1.807) is 19.2 Å². The maximum Gasteiger partial charge on any atom is 0.273 e. The number of methoxy groups -OCH3 is 1. The van der Waals surface area contributed by atoms with E-state index in [0.717, 1.165) is 6.42 Å². The number of nitrogens with zero attached hydrogens (tertiary/aromatic N) is 1. The molecule has 1 aliphatic carbocycles. The summed E-state index contributed by atoms with van der Waals surface area (Å²) >= 11 is 3.46. The third kappa shape index (κ3) is 2.58. The first-order valence-electron chi connectivity index (χ1n) is 5.20. The molecule has 0 bridgehead atoms. The zero-order valence-electron chi connectivity index (χ0n) is 9.21. The van der Waals surface area contributed by atoms with E-state index < -0.39 is 4.92 Å². The number of ether oxygens (including phenoxy) is 2. The highest BCUT2D eigenvalue weighted by atomic mass is 79.9. The van der Waals surface area contributed by atoms with Gasteiger partial charge in [-0.05, 0) is 6.07 Å². The van der Waals surface area contributed by atoms with Gasteiger partial charge < -0.3 is 9.47 Å². The van der Waals surface area contributed by atoms with Gasteiger partial charge in [-0.25, -0.2) is 0 Å². The van der Waals surface area contributed by atoms with Gasteiger partial charge in [-0.3, -0.25) is 10.1 Å². The van der Waals surface area contributed by atoms with Gasteiger partial charge in [-0.1, -0.05) is 22.0 Å². The predicted octanol–water partition coefficient (Wildman–Crippen LogP) is 2.52. The third-order valence-electron chi connectivity index (χ3n) is 2.77. The second-order valence-corrected chi connectivity index (χ2v) is 5.04. The first-order chi connectivity index (χ1) is 8.11. The summed E-state index contributed by atoms with van der Waals surface area (Å²) in [5.41, 5.74) is 0.0335. The van der Waals surface area contributed by atoms with Crippen LogP contribution in [0, 0.1) is 10.1 Å². The molecule has 3 atom stereocenters. The molecule has 0 amide bonds. The fourth-order valence-electron chi connectivity index (χ4n) is 1.79. The highest BCUT2D eigenvalue weighted by molar-refractivity contribution is 9.09. The summed E-state index contributed by atoms with van der Waals surface area (Å²) in [5.74, 6) is 0.505. The molecule has 0 spiro atoms. The van der Waals surface area contributed by atoms with Gasteiger partial charge in [0.25, 0.3) is 5.69 Å². The van der Waals surface area contributed by atoms with E-state index in [0.29, 0.717) is 5.75 Å². The Morgan fingerprint density at radius 2 is 2.29 bits per heavy atom. The zero-order chi connectivity index (χ0) is 12.4. The Labute approximate surface area is 107 Å². The van der Waals surface area contributed by atoms with E-state index in [9.17, 15) is 10.1 Å². The predicted molar refractivity (Wildman–Crippen MR) is 65.6 cm³/mol. The Morgan fingerprint density at radius 1 is 1.53 bits per heavy atom. The lowest BCUT2D eigenvalue weighted by molar-refractivity contribution is -0.385. The molecule has 0 heterocycles. The summed E-state index contributed by atoms with van der Waals surface area (Å²) in [6, 6.07) is 6.18. The average molecular weight is 302 g/mol. The molecule has 1 fully saturated rings. The number of rotatable bonds is 4. The summed E-state index contributed by atoms with van der Waals surface area (Å²) in [6.07, 6.45) is 0.780. The molecule has 0 N–H and O–H groups in total. The molecular weight excluding hydrogens is 290 g/mol. The van der Waals surface area contributed by atoms with Crippen molar-refractivity contribution in [3.63, 3.8) is 0 Å². The van der Waals surface area contributed by atoms with Crippen molar-refractivity contribution in [3.05, 3.63) is 34.4 Å². The third-order valence-corrected chi connectivity index (χ3v) is 3.66. The van der Waals surface area contributed by atoms with Crippen molar-refractivity contribution in [3.8, 4) is 5.75 Å². The molecule has 1 aromatic rings. The molecule has 92 valence electrons. The van der Waals surface area contributed by atoms with E-state index in [4.69, 9.17) is 9.47 Å². The number of benzene rings is 1. The minimum absolute atomic E-state index is 0.00531. The Hall–Kier alpha value is -1.14. The molecule has 0 aliphatic heterocycles. The summed E-state index contributed by atoms with van der Waals surface area (Å²) in [6.45, 7) is 0. The topological polar surface area (TPSA) is 61.6 Å². The molecule has 17 heavy (non-hydrogen) atoms. The molecule has 0 radical (unpaired) electrons. The molecular formula is C11H12BrNO4. The Bertz CT molecular complexity index is 426. The van der Waals surface area contributed by atoms with Gasteiger partial charge in [0, 0.05) is 24.4 Å². The fourth-order valence-corrected chi connectivity index (χ4v) is 2.71. The van der Waals surface area contributed by atoms with Crippen molar-refractivity contribution in [2.45, 2.75) is 23.5 Å². The van der Waals surface area contributed by atoms with Gasteiger partial charge in [-0.2, -0.15) is 0 Å². The number of hydrogen-bond donors (Lipinski definition) is 0. The minimum atomic E-state index is -0.436. The van der Waals surface area contributed by atoms with Crippen LogP contribution in [-0.2, 0) is 4.74 Å². The molecule has 5 nitrogen and oxygen atoms in total. The van der Waals surface area contributed by atoms with Crippen molar-refractivity contribution in [2.75, 3.05) is 7.11 Å². The van der Waals surface area contributed by atoms with Crippen LogP contribution in [0.3, 0.4) is 0 Å². The van der Waals surface area contributed by atoms with Gasteiger partial charge in [0.2, 0.25) is 0 Å². The highest BCUT2D eigenvalue weighted by Crippen LogP contribution is 2.34. The van der Waals surface area contributed by atoms with Gasteiger partial charge in [0.1, 0.15) is 18.0 Å². The number of halogens is 1. The van der Waals surface area contributed by atoms with E-state index in [1.165, 1.54) is 12.1 Å². The summed E-state index contributed by atoms with van der Waals surface area (Å²) < 4.78 is 10.9. The molecule has 1 aromatic carbocycles.